The number of fused-ring (bicyclic) bond motifs is 1. The standard InChI is InChI=1S/C18H22N6O2.3ClH/c1-26-10-9-23-5-7-24(8-6-23)18-21-15(17(25)22-18)11-13-12-20-16-14(13)3-2-4-19-16;;;/h2-4,11-12,25H,5-10H2,1H3,(H,21,22);3*1H. The fourth-order valence-electron chi connectivity index (χ4n) is 3.21. The monoisotopic (exact) mass is 462 g/mol. The summed E-state index contributed by atoms with van der Waals surface area (Å²) in [6.07, 6.45) is 5.33. The number of hydrogen-bond donors (Lipinski definition) is 2. The molecule has 2 aliphatic rings. The van der Waals surface area contributed by atoms with Crippen molar-refractivity contribution < 1.29 is 9.84 Å². The van der Waals surface area contributed by atoms with Crippen LogP contribution in [0.1, 0.15) is 11.3 Å². The van der Waals surface area contributed by atoms with E-state index in [0.29, 0.717) is 17.5 Å². The number of imidazole rings is 1. The molecule has 0 amide bonds. The van der Waals surface area contributed by atoms with Gasteiger partial charge in [0.25, 0.3) is 0 Å². The number of hydrogen-bond acceptors (Lipinski definition) is 7. The second-order valence-corrected chi connectivity index (χ2v) is 6.35. The lowest BCUT2D eigenvalue weighted by molar-refractivity contribution is 0.144. The van der Waals surface area contributed by atoms with Crippen LogP contribution in [0, 0.1) is 0 Å². The molecule has 160 valence electrons. The number of H-pyrrole nitrogens is 1. The average molecular weight is 464 g/mol. The predicted molar refractivity (Wildman–Crippen MR) is 123 cm³/mol. The van der Waals surface area contributed by atoms with Crippen molar-refractivity contribution in [3.8, 4) is 5.88 Å². The number of piperazine rings is 1. The van der Waals surface area contributed by atoms with Crippen LogP contribution in [-0.4, -0.2) is 77.6 Å². The summed E-state index contributed by atoms with van der Waals surface area (Å²) < 4.78 is 5.14. The molecule has 0 aromatic carbocycles. The zero-order chi connectivity index (χ0) is 17.9. The smallest absolute Gasteiger partial charge is 0.238 e. The number of ether oxygens (including phenoxy) is 1. The van der Waals surface area contributed by atoms with Crippen molar-refractivity contribution in [2.24, 2.45) is 4.99 Å². The van der Waals surface area contributed by atoms with Crippen LogP contribution in [0.4, 0.5) is 11.8 Å². The molecule has 11 heteroatoms. The van der Waals surface area contributed by atoms with E-state index >= 15 is 0 Å². The maximum absolute atomic E-state index is 10.2. The van der Waals surface area contributed by atoms with Crippen LogP contribution in [0.2, 0.25) is 0 Å². The quantitative estimate of drug-likeness (QED) is 0.709. The van der Waals surface area contributed by atoms with Gasteiger partial charge >= 0.3 is 0 Å². The molecule has 1 fully saturated rings. The van der Waals surface area contributed by atoms with Gasteiger partial charge in [-0.25, -0.2) is 9.98 Å². The number of rotatable bonds is 5. The number of pyridine rings is 1. The molecule has 2 aromatic rings. The number of methoxy groups -OCH3 is 1. The van der Waals surface area contributed by atoms with Crippen molar-refractivity contribution in [1.29, 1.82) is 0 Å². The molecular weight excluding hydrogens is 439 g/mol. The summed E-state index contributed by atoms with van der Waals surface area (Å²) in [4.78, 5) is 20.6. The summed E-state index contributed by atoms with van der Waals surface area (Å²) in [7, 11) is 1.72. The second kappa shape index (κ2) is 11.4. The largest absolute Gasteiger partial charge is 0.492 e. The molecule has 2 aromatic heterocycles. The number of halogens is 3. The summed E-state index contributed by atoms with van der Waals surface area (Å²) in [5.41, 5.74) is 2.44. The fourth-order valence-corrected chi connectivity index (χ4v) is 3.21. The zero-order valence-electron chi connectivity index (χ0n) is 15.9. The molecular formula is C18H25Cl3N6O2. The fraction of sp³-hybridized carbons (Fsp3) is 0.389. The van der Waals surface area contributed by atoms with Crippen LogP contribution < -0.4 is 4.90 Å². The molecule has 0 bridgehead atoms. The zero-order valence-corrected chi connectivity index (χ0v) is 18.4. The van der Waals surface area contributed by atoms with E-state index in [4.69, 9.17) is 4.74 Å². The second-order valence-electron chi connectivity index (χ2n) is 6.35. The van der Waals surface area contributed by atoms with Gasteiger partial charge in [-0.2, -0.15) is 4.98 Å². The van der Waals surface area contributed by atoms with Crippen molar-refractivity contribution >= 4 is 66.9 Å². The molecule has 2 aliphatic heterocycles. The minimum atomic E-state index is 0. The third-order valence-electron chi connectivity index (χ3n) is 4.71. The normalized spacial score (nSPS) is 16.7. The molecule has 0 aliphatic carbocycles. The van der Waals surface area contributed by atoms with Gasteiger partial charge in [-0.1, -0.05) is 0 Å². The van der Waals surface area contributed by atoms with E-state index < -0.39 is 0 Å². The van der Waals surface area contributed by atoms with E-state index in [0.717, 1.165) is 50.5 Å². The van der Waals surface area contributed by atoms with E-state index in [1.54, 1.807) is 19.5 Å². The number of anilines is 1. The van der Waals surface area contributed by atoms with Crippen LogP contribution in [-0.2, 0) is 4.74 Å². The van der Waals surface area contributed by atoms with Gasteiger partial charge in [0.2, 0.25) is 11.8 Å². The Morgan fingerprint density at radius 2 is 1.97 bits per heavy atom. The molecule has 0 saturated carbocycles. The summed E-state index contributed by atoms with van der Waals surface area (Å²) >= 11 is 0. The van der Waals surface area contributed by atoms with E-state index in [9.17, 15) is 5.11 Å². The first-order valence-corrected chi connectivity index (χ1v) is 8.71. The first-order valence-electron chi connectivity index (χ1n) is 8.71. The number of nitrogens with zero attached hydrogens (tertiary/aromatic N) is 5. The number of nitrogens with one attached hydrogen (secondary N) is 1. The van der Waals surface area contributed by atoms with Gasteiger partial charge in [-0.05, 0) is 18.2 Å². The third kappa shape index (κ3) is 5.61. The summed E-state index contributed by atoms with van der Waals surface area (Å²) in [5, 5.41) is 10.2. The van der Waals surface area contributed by atoms with Gasteiger partial charge in [0.05, 0.1) is 6.61 Å². The predicted octanol–water partition coefficient (Wildman–Crippen LogP) is 2.80. The lowest BCUT2D eigenvalue weighted by Crippen LogP contribution is -2.47. The topological polar surface area (TPSA) is 89.9 Å². The lowest BCUT2D eigenvalue weighted by atomic mass is 10.1. The summed E-state index contributed by atoms with van der Waals surface area (Å²) in [5.74, 6) is 1.40. The Morgan fingerprint density at radius 3 is 2.69 bits per heavy atom. The SMILES string of the molecule is COCCN1CCN(c2nc(O)c(C=C3C=Nc4ncccc43)[nH]2)CC1.Cl.Cl.Cl. The Morgan fingerprint density at radius 1 is 1.21 bits per heavy atom. The molecule has 8 nitrogen and oxygen atoms in total. The highest BCUT2D eigenvalue weighted by Crippen LogP contribution is 2.32. The van der Waals surface area contributed by atoms with Gasteiger partial charge in [0.1, 0.15) is 5.69 Å². The van der Waals surface area contributed by atoms with Crippen molar-refractivity contribution in [3.63, 3.8) is 0 Å². The first-order chi connectivity index (χ1) is 12.7. The first kappa shape index (κ1) is 25.2. The van der Waals surface area contributed by atoms with E-state index in [2.05, 4.69) is 29.7 Å². The number of aromatic hydroxyl groups is 1. The van der Waals surface area contributed by atoms with Gasteiger partial charge in [0, 0.05) is 63.4 Å². The average Bonchev–Trinajstić information content (AvgIpc) is 3.25. The molecule has 2 N–H and O–H groups in total. The minimum absolute atomic E-state index is 0. The van der Waals surface area contributed by atoms with Crippen molar-refractivity contribution in [2.45, 2.75) is 0 Å². The lowest BCUT2D eigenvalue weighted by Gasteiger charge is -2.34. The van der Waals surface area contributed by atoms with E-state index in [-0.39, 0.29) is 43.1 Å². The van der Waals surface area contributed by atoms with E-state index in [1.165, 1.54) is 0 Å². The van der Waals surface area contributed by atoms with Gasteiger partial charge in [0.15, 0.2) is 5.82 Å². The van der Waals surface area contributed by atoms with E-state index in [1.807, 2.05) is 18.2 Å². The van der Waals surface area contributed by atoms with Crippen LogP contribution in [0.3, 0.4) is 0 Å². The Hall–Kier alpha value is -1.84. The molecule has 0 radical (unpaired) electrons. The Balaban J connectivity index is 0.00000140. The third-order valence-corrected chi connectivity index (χ3v) is 4.71. The van der Waals surface area contributed by atoms with Crippen LogP contribution in [0.25, 0.3) is 11.6 Å². The molecule has 4 heterocycles. The molecule has 4 rings (SSSR count). The highest BCUT2D eigenvalue weighted by Gasteiger charge is 2.21. The Kier molecular flexibility index (Phi) is 9.88. The van der Waals surface area contributed by atoms with Crippen molar-refractivity contribution in [1.82, 2.24) is 19.9 Å². The van der Waals surface area contributed by atoms with Crippen molar-refractivity contribution in [3.05, 3.63) is 29.6 Å². The maximum atomic E-state index is 10.2. The number of allylic oxidation sites excluding steroid dienone is 1. The Labute approximate surface area is 188 Å². The van der Waals surface area contributed by atoms with Crippen LogP contribution in [0.15, 0.2) is 23.3 Å². The highest BCUT2D eigenvalue weighted by molar-refractivity contribution is 6.20. The molecule has 1 saturated heterocycles. The number of aromatic nitrogens is 3. The van der Waals surface area contributed by atoms with Gasteiger partial charge in [-0.3, -0.25) is 4.90 Å². The summed E-state index contributed by atoms with van der Waals surface area (Å²) in [6, 6.07) is 3.84. The van der Waals surface area contributed by atoms with Crippen LogP contribution >= 0.6 is 37.2 Å². The minimum Gasteiger partial charge on any atom is -0.492 e. The van der Waals surface area contributed by atoms with Crippen molar-refractivity contribution in [2.75, 3.05) is 51.3 Å². The van der Waals surface area contributed by atoms with Gasteiger partial charge < -0.3 is 19.7 Å². The van der Waals surface area contributed by atoms with Gasteiger partial charge in [-0.15, -0.1) is 37.2 Å². The highest BCUT2D eigenvalue weighted by atomic mass is 35.5. The molecule has 0 unspecified atom stereocenters. The summed E-state index contributed by atoms with van der Waals surface area (Å²) in [6.45, 7) is 5.32. The molecule has 29 heavy (non-hydrogen) atoms. The molecule has 0 atom stereocenters. The Bertz CT molecular complexity index is 850. The number of aliphatic imine (C=N–C) groups is 1. The molecule has 0 spiro atoms. The number of aromatic amines is 1. The maximum Gasteiger partial charge on any atom is 0.238 e. The van der Waals surface area contributed by atoms with Crippen LogP contribution in [0.5, 0.6) is 5.88 Å².